The Morgan fingerprint density at radius 2 is 1.74 bits per heavy atom. The van der Waals surface area contributed by atoms with E-state index in [9.17, 15) is 4.79 Å². The van der Waals surface area contributed by atoms with Crippen LogP contribution in [0.15, 0.2) is 79.1 Å². The van der Waals surface area contributed by atoms with E-state index in [2.05, 4.69) is 11.1 Å². The minimum absolute atomic E-state index is 0.125. The van der Waals surface area contributed by atoms with Gasteiger partial charge in [0.25, 0.3) is 5.91 Å². The smallest absolute Gasteiger partial charge is 0.254 e. The third-order valence-electron chi connectivity index (χ3n) is 3.96. The Morgan fingerprint density at radius 3 is 2.41 bits per heavy atom. The number of benzene rings is 2. The van der Waals surface area contributed by atoms with Crippen LogP contribution in [0.25, 0.3) is 0 Å². The summed E-state index contributed by atoms with van der Waals surface area (Å²) in [5, 5.41) is 8.89. The summed E-state index contributed by atoms with van der Waals surface area (Å²) in [6.45, 7) is 0.781. The molecule has 0 N–H and O–H groups in total. The van der Waals surface area contributed by atoms with Gasteiger partial charge >= 0.3 is 0 Å². The molecule has 1 amide bonds. The van der Waals surface area contributed by atoms with Gasteiger partial charge in [0, 0.05) is 31.0 Å². The molecule has 0 saturated carbocycles. The van der Waals surface area contributed by atoms with Gasteiger partial charge in [-0.3, -0.25) is 9.78 Å². The largest absolute Gasteiger partial charge is 0.457 e. The van der Waals surface area contributed by atoms with E-state index in [0.29, 0.717) is 24.4 Å². The van der Waals surface area contributed by atoms with Crippen LogP contribution in [0.1, 0.15) is 22.3 Å². The van der Waals surface area contributed by atoms with Crippen LogP contribution in [0.2, 0.25) is 0 Å². The molecule has 0 radical (unpaired) electrons. The highest BCUT2D eigenvalue weighted by Gasteiger charge is 2.16. The van der Waals surface area contributed by atoms with Crippen LogP contribution in [0.4, 0.5) is 0 Å². The van der Waals surface area contributed by atoms with Gasteiger partial charge in [-0.15, -0.1) is 0 Å². The van der Waals surface area contributed by atoms with Crippen molar-refractivity contribution >= 4 is 5.91 Å². The molecule has 3 rings (SSSR count). The third-order valence-corrected chi connectivity index (χ3v) is 3.96. The number of amides is 1. The standard InChI is InChI=1S/C22H19N3O2/c23-13-5-15-25(17-18-6-4-14-24-16-18)22(26)19-9-11-21(12-10-19)27-20-7-2-1-3-8-20/h1-4,6-12,14,16H,5,15,17H2. The first kappa shape index (κ1) is 18.2. The highest BCUT2D eigenvalue weighted by Crippen LogP contribution is 2.22. The Kier molecular flexibility index (Phi) is 6.16. The molecular weight excluding hydrogens is 338 g/mol. The summed E-state index contributed by atoms with van der Waals surface area (Å²) in [6, 6.07) is 22.3. The first-order valence-electron chi connectivity index (χ1n) is 8.64. The number of hydrogen-bond donors (Lipinski definition) is 0. The van der Waals surface area contributed by atoms with Crippen molar-refractivity contribution in [2.24, 2.45) is 0 Å². The monoisotopic (exact) mass is 357 g/mol. The molecule has 0 atom stereocenters. The summed E-state index contributed by atoms with van der Waals surface area (Å²) in [4.78, 5) is 18.6. The maximum atomic E-state index is 12.9. The summed E-state index contributed by atoms with van der Waals surface area (Å²) < 4.78 is 5.76. The fourth-order valence-corrected chi connectivity index (χ4v) is 2.62. The number of hydrogen-bond acceptors (Lipinski definition) is 4. The molecule has 0 aliphatic heterocycles. The third kappa shape index (κ3) is 5.16. The molecule has 5 heteroatoms. The normalized spacial score (nSPS) is 10.0. The molecule has 0 aliphatic carbocycles. The lowest BCUT2D eigenvalue weighted by molar-refractivity contribution is 0.0746. The van der Waals surface area contributed by atoms with Gasteiger partial charge < -0.3 is 9.64 Å². The van der Waals surface area contributed by atoms with Crippen molar-refractivity contribution in [3.63, 3.8) is 0 Å². The number of carbonyl (C=O) groups is 1. The highest BCUT2D eigenvalue weighted by molar-refractivity contribution is 5.94. The van der Waals surface area contributed by atoms with Crippen molar-refractivity contribution in [1.29, 1.82) is 5.26 Å². The lowest BCUT2D eigenvalue weighted by atomic mass is 10.1. The fraction of sp³-hybridized carbons (Fsp3) is 0.136. The molecular formula is C22H19N3O2. The van der Waals surface area contributed by atoms with Crippen LogP contribution in [0.5, 0.6) is 11.5 Å². The van der Waals surface area contributed by atoms with Crippen LogP contribution < -0.4 is 4.74 Å². The van der Waals surface area contributed by atoms with Gasteiger partial charge in [0.2, 0.25) is 0 Å². The predicted octanol–water partition coefficient (Wildman–Crippen LogP) is 4.43. The molecule has 134 valence electrons. The van der Waals surface area contributed by atoms with E-state index in [-0.39, 0.29) is 12.3 Å². The molecule has 0 unspecified atom stereocenters. The van der Waals surface area contributed by atoms with Crippen molar-refractivity contribution in [2.45, 2.75) is 13.0 Å². The Morgan fingerprint density at radius 1 is 1.00 bits per heavy atom. The van der Waals surface area contributed by atoms with Gasteiger partial charge in [-0.1, -0.05) is 24.3 Å². The van der Waals surface area contributed by atoms with Crippen LogP contribution in [0.3, 0.4) is 0 Å². The summed E-state index contributed by atoms with van der Waals surface area (Å²) >= 11 is 0. The molecule has 0 saturated heterocycles. The lowest BCUT2D eigenvalue weighted by Gasteiger charge is -2.22. The van der Waals surface area contributed by atoms with Crippen LogP contribution >= 0.6 is 0 Å². The van der Waals surface area contributed by atoms with Crippen LogP contribution in [-0.4, -0.2) is 22.3 Å². The molecule has 0 aliphatic rings. The Hall–Kier alpha value is -3.65. The van der Waals surface area contributed by atoms with Crippen molar-refractivity contribution in [3.05, 3.63) is 90.3 Å². The molecule has 5 nitrogen and oxygen atoms in total. The van der Waals surface area contributed by atoms with Crippen LogP contribution in [-0.2, 0) is 6.54 Å². The summed E-state index contributed by atoms with van der Waals surface area (Å²) in [5.41, 5.74) is 1.48. The molecule has 1 aromatic heterocycles. The second-order valence-electron chi connectivity index (χ2n) is 5.94. The maximum Gasteiger partial charge on any atom is 0.254 e. The highest BCUT2D eigenvalue weighted by atomic mass is 16.5. The number of rotatable bonds is 7. The van der Waals surface area contributed by atoms with E-state index in [1.54, 1.807) is 41.6 Å². The fourth-order valence-electron chi connectivity index (χ4n) is 2.62. The van der Waals surface area contributed by atoms with Crippen LogP contribution in [0, 0.1) is 11.3 Å². The minimum Gasteiger partial charge on any atom is -0.457 e. The van der Waals surface area contributed by atoms with E-state index >= 15 is 0 Å². The van der Waals surface area contributed by atoms with E-state index in [0.717, 1.165) is 11.3 Å². The first-order valence-corrected chi connectivity index (χ1v) is 8.64. The second-order valence-corrected chi connectivity index (χ2v) is 5.94. The maximum absolute atomic E-state index is 12.9. The predicted molar refractivity (Wildman–Crippen MR) is 102 cm³/mol. The summed E-state index contributed by atoms with van der Waals surface area (Å²) in [6.07, 6.45) is 3.70. The number of nitrogens with zero attached hydrogens (tertiary/aromatic N) is 3. The Bertz CT molecular complexity index is 904. The summed E-state index contributed by atoms with van der Waals surface area (Å²) in [5.74, 6) is 1.28. The number of ether oxygens (including phenoxy) is 1. The quantitative estimate of drug-likeness (QED) is 0.627. The molecule has 0 fully saturated rings. The molecule has 27 heavy (non-hydrogen) atoms. The number of para-hydroxylation sites is 1. The molecule has 0 bridgehead atoms. The number of aromatic nitrogens is 1. The van der Waals surface area contributed by atoms with Gasteiger partial charge in [0.15, 0.2) is 0 Å². The topological polar surface area (TPSA) is 66.2 Å². The number of nitriles is 1. The zero-order valence-electron chi connectivity index (χ0n) is 14.8. The van der Waals surface area contributed by atoms with Gasteiger partial charge in [0.1, 0.15) is 11.5 Å². The van der Waals surface area contributed by atoms with Gasteiger partial charge in [-0.25, -0.2) is 0 Å². The Labute approximate surface area is 158 Å². The van der Waals surface area contributed by atoms with E-state index in [1.807, 2.05) is 42.5 Å². The average Bonchev–Trinajstić information content (AvgIpc) is 2.73. The van der Waals surface area contributed by atoms with Crippen molar-refractivity contribution in [3.8, 4) is 17.6 Å². The first-order chi connectivity index (χ1) is 13.3. The zero-order chi connectivity index (χ0) is 18.9. The average molecular weight is 357 g/mol. The summed E-state index contributed by atoms with van der Waals surface area (Å²) in [7, 11) is 0. The minimum atomic E-state index is -0.125. The molecule has 0 spiro atoms. The zero-order valence-corrected chi connectivity index (χ0v) is 14.8. The SMILES string of the molecule is N#CCCN(Cc1cccnc1)C(=O)c1ccc(Oc2ccccc2)cc1. The lowest BCUT2D eigenvalue weighted by Crippen LogP contribution is -2.31. The van der Waals surface area contributed by atoms with E-state index in [1.165, 1.54) is 0 Å². The second kappa shape index (κ2) is 9.16. The Balaban J connectivity index is 1.72. The van der Waals surface area contributed by atoms with Crippen molar-refractivity contribution < 1.29 is 9.53 Å². The van der Waals surface area contributed by atoms with E-state index in [4.69, 9.17) is 10.00 Å². The number of carbonyl (C=O) groups excluding carboxylic acids is 1. The van der Waals surface area contributed by atoms with Gasteiger partial charge in [-0.2, -0.15) is 5.26 Å². The van der Waals surface area contributed by atoms with Crippen molar-refractivity contribution in [2.75, 3.05) is 6.54 Å². The van der Waals surface area contributed by atoms with Gasteiger partial charge in [0.05, 0.1) is 12.5 Å². The van der Waals surface area contributed by atoms with E-state index < -0.39 is 0 Å². The molecule has 3 aromatic rings. The van der Waals surface area contributed by atoms with Crippen molar-refractivity contribution in [1.82, 2.24) is 9.88 Å². The molecule has 1 heterocycles. The van der Waals surface area contributed by atoms with Gasteiger partial charge in [-0.05, 0) is 48.0 Å². The number of pyridine rings is 1. The molecule has 2 aromatic carbocycles.